The van der Waals surface area contributed by atoms with Gasteiger partial charge in [-0.3, -0.25) is 0 Å². The Balaban J connectivity index is 0.000000810. The first-order chi connectivity index (χ1) is 4.10. The van der Waals surface area contributed by atoms with Gasteiger partial charge in [0.05, 0.1) is 0 Å². The molecule has 1 aliphatic rings. The summed E-state index contributed by atoms with van der Waals surface area (Å²) in [4.78, 5) is 0. The Morgan fingerprint density at radius 2 is 2.20 bits per heavy atom. The van der Waals surface area contributed by atoms with E-state index in [9.17, 15) is 4.39 Å². The average molecular weight is 169 g/mol. The Hall–Kier alpha value is 0.180. The zero-order valence-electron chi connectivity index (χ0n) is 6.14. The summed E-state index contributed by atoms with van der Waals surface area (Å²) in [7, 11) is 0. The molecule has 0 aliphatic heterocycles. The maximum absolute atomic E-state index is 12.7. The summed E-state index contributed by atoms with van der Waals surface area (Å²) < 4.78 is 12.7. The number of hydrogen-bond acceptors (Lipinski definition) is 1. The van der Waals surface area contributed by atoms with Gasteiger partial charge in [0.15, 0.2) is 0 Å². The van der Waals surface area contributed by atoms with E-state index in [1.165, 1.54) is 0 Å². The lowest BCUT2D eigenvalue weighted by molar-refractivity contribution is -0.125. The lowest BCUT2D eigenvalue weighted by Crippen LogP contribution is -2.28. The molecule has 0 amide bonds. The van der Waals surface area contributed by atoms with E-state index in [4.69, 9.17) is 5.11 Å². The van der Waals surface area contributed by atoms with E-state index < -0.39 is 5.85 Å². The van der Waals surface area contributed by atoms with E-state index in [2.05, 4.69) is 0 Å². The molecule has 1 rings (SSSR count). The zero-order chi connectivity index (χ0) is 6.91. The molecule has 1 N–H and O–H groups in total. The highest BCUT2D eigenvalue weighted by Crippen LogP contribution is 2.32. The summed E-state index contributed by atoms with van der Waals surface area (Å²) in [5.41, 5.74) is 0. The Kier molecular flexibility index (Phi) is 3.60. The van der Waals surface area contributed by atoms with Gasteiger partial charge in [0.2, 0.25) is 5.85 Å². The van der Waals surface area contributed by atoms with Crippen LogP contribution in [-0.4, -0.2) is 11.0 Å². The van der Waals surface area contributed by atoms with Crippen molar-refractivity contribution in [2.45, 2.75) is 38.5 Å². The van der Waals surface area contributed by atoms with Gasteiger partial charge in [-0.1, -0.05) is 13.3 Å². The molecule has 0 radical (unpaired) electrons. The summed E-state index contributed by atoms with van der Waals surface area (Å²) in [6.07, 6.45) is 2.55. The molecule has 0 aromatic rings. The van der Waals surface area contributed by atoms with Crippen LogP contribution < -0.4 is 0 Å². The highest BCUT2D eigenvalue weighted by atomic mass is 35.5. The van der Waals surface area contributed by atoms with E-state index in [0.29, 0.717) is 18.8 Å². The molecule has 1 fully saturated rings. The maximum atomic E-state index is 12.7. The van der Waals surface area contributed by atoms with Gasteiger partial charge in [-0.15, -0.1) is 12.4 Å². The topological polar surface area (TPSA) is 20.2 Å². The first kappa shape index (κ1) is 10.2. The van der Waals surface area contributed by atoms with Gasteiger partial charge in [-0.05, 0) is 12.3 Å². The summed E-state index contributed by atoms with van der Waals surface area (Å²) in [5, 5.41) is 8.88. The molecular weight excluding hydrogens is 155 g/mol. The summed E-state index contributed by atoms with van der Waals surface area (Å²) >= 11 is 0. The largest absolute Gasteiger partial charge is 0.362 e. The summed E-state index contributed by atoms with van der Waals surface area (Å²) in [6, 6.07) is 0. The molecule has 0 saturated heterocycles. The van der Waals surface area contributed by atoms with Gasteiger partial charge in [0, 0.05) is 12.8 Å². The van der Waals surface area contributed by atoms with E-state index in [0.717, 1.165) is 12.8 Å². The minimum atomic E-state index is -1.85. The molecule has 0 heterocycles. The second kappa shape index (κ2) is 3.54. The van der Waals surface area contributed by atoms with Crippen LogP contribution in [0.5, 0.6) is 0 Å². The van der Waals surface area contributed by atoms with Crippen molar-refractivity contribution in [3.63, 3.8) is 0 Å². The van der Waals surface area contributed by atoms with E-state index in [1.54, 1.807) is 0 Å². The summed E-state index contributed by atoms with van der Waals surface area (Å²) in [5.74, 6) is -1.49. The molecule has 1 aliphatic carbocycles. The van der Waals surface area contributed by atoms with E-state index in [-0.39, 0.29) is 12.4 Å². The minimum absolute atomic E-state index is 0. The SMILES string of the molecule is CC1CCCC(O)(F)C1.Cl. The summed E-state index contributed by atoms with van der Waals surface area (Å²) in [6.45, 7) is 1.98. The van der Waals surface area contributed by atoms with E-state index >= 15 is 0 Å². The molecule has 0 aromatic carbocycles. The highest BCUT2D eigenvalue weighted by Gasteiger charge is 2.31. The molecule has 2 atom stereocenters. The standard InChI is InChI=1S/C7H13FO.ClH/c1-6-3-2-4-7(8,9)5-6;/h6,9H,2-5H2,1H3;1H. The van der Waals surface area contributed by atoms with Crippen LogP contribution in [0.1, 0.15) is 32.6 Å². The fraction of sp³-hybridized carbons (Fsp3) is 1.00. The third-order valence-electron chi connectivity index (χ3n) is 1.92. The van der Waals surface area contributed by atoms with Crippen LogP contribution >= 0.6 is 12.4 Å². The van der Waals surface area contributed by atoms with Crippen molar-refractivity contribution in [2.24, 2.45) is 5.92 Å². The Labute approximate surface area is 67.0 Å². The monoisotopic (exact) mass is 168 g/mol. The van der Waals surface area contributed by atoms with Crippen molar-refractivity contribution in [3.8, 4) is 0 Å². The van der Waals surface area contributed by atoms with E-state index in [1.807, 2.05) is 6.92 Å². The molecule has 10 heavy (non-hydrogen) atoms. The first-order valence-electron chi connectivity index (χ1n) is 3.51. The Bertz CT molecular complexity index is 106. The lowest BCUT2D eigenvalue weighted by atomic mass is 9.87. The second-order valence-electron chi connectivity index (χ2n) is 3.12. The average Bonchev–Trinajstić information content (AvgIpc) is 1.60. The predicted molar refractivity (Wildman–Crippen MR) is 40.9 cm³/mol. The van der Waals surface area contributed by atoms with Crippen LogP contribution in [0.4, 0.5) is 4.39 Å². The molecule has 62 valence electrons. The van der Waals surface area contributed by atoms with Crippen LogP contribution in [0.15, 0.2) is 0 Å². The van der Waals surface area contributed by atoms with Crippen LogP contribution in [0.2, 0.25) is 0 Å². The van der Waals surface area contributed by atoms with Crippen molar-refractivity contribution >= 4 is 12.4 Å². The first-order valence-corrected chi connectivity index (χ1v) is 3.51. The van der Waals surface area contributed by atoms with Crippen molar-refractivity contribution in [1.29, 1.82) is 0 Å². The van der Waals surface area contributed by atoms with Gasteiger partial charge < -0.3 is 5.11 Å². The fourth-order valence-electron chi connectivity index (χ4n) is 1.46. The van der Waals surface area contributed by atoms with Crippen LogP contribution in [-0.2, 0) is 0 Å². The van der Waals surface area contributed by atoms with Gasteiger partial charge >= 0.3 is 0 Å². The smallest absolute Gasteiger partial charge is 0.206 e. The predicted octanol–water partition coefficient (Wildman–Crippen LogP) is 2.28. The number of halogens is 2. The molecule has 1 nitrogen and oxygen atoms in total. The van der Waals surface area contributed by atoms with Crippen molar-refractivity contribution < 1.29 is 9.50 Å². The van der Waals surface area contributed by atoms with Crippen molar-refractivity contribution in [1.82, 2.24) is 0 Å². The lowest BCUT2D eigenvalue weighted by Gasteiger charge is -2.27. The Morgan fingerprint density at radius 1 is 1.60 bits per heavy atom. The fourth-order valence-corrected chi connectivity index (χ4v) is 1.46. The maximum Gasteiger partial charge on any atom is 0.206 e. The van der Waals surface area contributed by atoms with Gasteiger partial charge in [-0.25, -0.2) is 4.39 Å². The van der Waals surface area contributed by atoms with Crippen LogP contribution in [0.3, 0.4) is 0 Å². The second-order valence-corrected chi connectivity index (χ2v) is 3.12. The van der Waals surface area contributed by atoms with Gasteiger partial charge in [0.25, 0.3) is 0 Å². The third kappa shape index (κ3) is 2.84. The molecule has 0 spiro atoms. The van der Waals surface area contributed by atoms with Crippen molar-refractivity contribution in [3.05, 3.63) is 0 Å². The molecular formula is C7H14ClFO. The van der Waals surface area contributed by atoms with Crippen LogP contribution in [0, 0.1) is 5.92 Å². The Morgan fingerprint density at radius 3 is 2.50 bits per heavy atom. The van der Waals surface area contributed by atoms with Crippen molar-refractivity contribution in [2.75, 3.05) is 0 Å². The van der Waals surface area contributed by atoms with Gasteiger partial charge in [-0.2, -0.15) is 0 Å². The quantitative estimate of drug-likeness (QED) is 0.589. The molecule has 3 heteroatoms. The highest BCUT2D eigenvalue weighted by molar-refractivity contribution is 5.85. The minimum Gasteiger partial charge on any atom is -0.362 e. The zero-order valence-corrected chi connectivity index (χ0v) is 6.96. The van der Waals surface area contributed by atoms with Crippen LogP contribution in [0.25, 0.3) is 0 Å². The molecule has 2 unspecified atom stereocenters. The number of aliphatic hydroxyl groups is 1. The number of alkyl halides is 1. The number of hydrogen-bond donors (Lipinski definition) is 1. The molecule has 0 bridgehead atoms. The number of rotatable bonds is 0. The molecule has 1 saturated carbocycles. The normalized spacial score (nSPS) is 40.5. The van der Waals surface area contributed by atoms with Gasteiger partial charge in [0.1, 0.15) is 0 Å². The molecule has 0 aromatic heterocycles. The third-order valence-corrected chi connectivity index (χ3v) is 1.92.